The Morgan fingerprint density at radius 3 is 1.42 bits per heavy atom. The second-order valence-electron chi connectivity index (χ2n) is 32.4. The minimum atomic E-state index is -1.01. The fraction of sp³-hybridized carbons (Fsp3) is 0.535. The molecule has 20 heteroatoms. The van der Waals surface area contributed by atoms with Crippen LogP contribution in [0.15, 0.2) is 133 Å². The number of ether oxygens (including phenoxy) is 2. The molecular formula is C86H114N8O12. The van der Waals surface area contributed by atoms with Crippen molar-refractivity contribution >= 4 is 35.0 Å². The molecule has 0 radical (unpaired) electrons. The molecule has 2 saturated heterocycles. The summed E-state index contributed by atoms with van der Waals surface area (Å²) in [5.41, 5.74) is 9.14. The van der Waals surface area contributed by atoms with Crippen LogP contribution in [-0.2, 0) is 32.4 Å². The van der Waals surface area contributed by atoms with Crippen LogP contribution in [0.3, 0.4) is 0 Å². The number of carbonyl (C=O) groups is 4. The second kappa shape index (κ2) is 32.5. The summed E-state index contributed by atoms with van der Waals surface area (Å²) in [6.45, 7) is 18.9. The molecule has 8 N–H and O–H groups in total. The Balaban J connectivity index is 0.767. The number of nitrogens with zero attached hydrogens (tertiary/aromatic N) is 4. The van der Waals surface area contributed by atoms with Gasteiger partial charge in [0.25, 0.3) is 11.8 Å². The number of para-hydroxylation sites is 2. The third-order valence-corrected chi connectivity index (χ3v) is 25.9. The normalized spacial score (nSPS) is 28.4. The summed E-state index contributed by atoms with van der Waals surface area (Å²) in [5, 5.41) is 61.0. The van der Waals surface area contributed by atoms with Crippen LogP contribution >= 0.6 is 0 Å². The predicted molar refractivity (Wildman–Crippen MR) is 412 cm³/mol. The molecule has 4 amide bonds. The van der Waals surface area contributed by atoms with Gasteiger partial charge in [-0.1, -0.05) is 146 Å². The standard InChI is InChI=1S/C86H114N8O12/c1-15-69(53-25-19-17-20-26-53)87-81(99)59-35-57(37-63(39-59)91(10)11)65-31-23-29-55(79(65)103-13)45-94-78(76(52(6)98)74(48-96)106-94)84(102)90-72-44-62-42-68(50(72)4)86(62,9)33-34-92(12)64-38-58(36-60(40-64)82(100)88-70(16-2)54-27-21-18-22-28-54)66-32-24-30-56(80(66)104-14)46-93-77(75(51(5)97)73(47-95)105-93)83(101)89-71-43-61-41-67(49(71)3)85(61,7)8/h17-32,35-40,49-52,61-62,67-78,95-98H,15-16,33-34,41-48H2,1-14H3,(H,87,99)(H,88,100)(H,89,101)(H,90,102)/t49-,50-,51-,52-,61+,62+,67-,68-,69+,70-,71-,72-,73-,74-,75+,76+,77-,78-,86?/m0/s1. The van der Waals surface area contributed by atoms with Gasteiger partial charge in [-0.2, -0.15) is 10.1 Å². The van der Waals surface area contributed by atoms with Crippen molar-refractivity contribution in [3.8, 4) is 33.8 Å². The molecule has 20 nitrogen and oxygen atoms in total. The molecule has 6 aromatic rings. The zero-order chi connectivity index (χ0) is 75.8. The molecule has 4 bridgehead atoms. The van der Waals surface area contributed by atoms with Crippen molar-refractivity contribution in [3.63, 3.8) is 0 Å². The summed E-state index contributed by atoms with van der Waals surface area (Å²) < 4.78 is 12.6. The fourth-order valence-electron chi connectivity index (χ4n) is 19.4. The van der Waals surface area contributed by atoms with Crippen molar-refractivity contribution in [2.24, 2.45) is 58.2 Å². The third-order valence-electron chi connectivity index (χ3n) is 25.9. The second-order valence-corrected chi connectivity index (χ2v) is 32.4. The van der Waals surface area contributed by atoms with Gasteiger partial charge in [-0.05, 0) is 164 Å². The third kappa shape index (κ3) is 15.3. The number of aliphatic hydroxyl groups is 4. The Morgan fingerprint density at radius 1 is 0.575 bits per heavy atom. The minimum Gasteiger partial charge on any atom is -0.496 e. The lowest BCUT2D eigenvalue weighted by Gasteiger charge is -2.64. The molecule has 2 heterocycles. The first-order chi connectivity index (χ1) is 50.7. The molecule has 1 unspecified atom stereocenters. The van der Waals surface area contributed by atoms with Gasteiger partial charge >= 0.3 is 0 Å². The first-order valence-corrected chi connectivity index (χ1v) is 38.5. The van der Waals surface area contributed by atoms with E-state index in [-0.39, 0.29) is 102 Å². The molecule has 0 spiro atoms. The van der Waals surface area contributed by atoms with Gasteiger partial charge in [-0.3, -0.25) is 28.9 Å². The van der Waals surface area contributed by atoms with Gasteiger partial charge in [0.05, 0.1) is 64.8 Å². The van der Waals surface area contributed by atoms with E-state index >= 15 is 4.79 Å². The number of amides is 4. The van der Waals surface area contributed by atoms with Crippen LogP contribution in [0.5, 0.6) is 11.5 Å². The molecule has 19 atom stereocenters. The first kappa shape index (κ1) is 77.7. The number of anilines is 2. The smallest absolute Gasteiger partial charge is 0.251 e. The van der Waals surface area contributed by atoms with E-state index in [1.54, 1.807) is 38.2 Å². The van der Waals surface area contributed by atoms with Crippen molar-refractivity contribution in [1.82, 2.24) is 31.4 Å². The van der Waals surface area contributed by atoms with E-state index in [2.05, 4.69) is 80.8 Å². The van der Waals surface area contributed by atoms with Crippen LogP contribution < -0.4 is 40.5 Å². The molecule has 106 heavy (non-hydrogen) atoms. The molecule has 14 rings (SSSR count). The topological polar surface area (TPSA) is 247 Å². The molecule has 8 aliphatic rings. The van der Waals surface area contributed by atoms with Gasteiger partial charge in [-0.15, -0.1) is 0 Å². The highest BCUT2D eigenvalue weighted by Gasteiger charge is 2.61. The van der Waals surface area contributed by atoms with E-state index in [0.29, 0.717) is 65.0 Å². The number of aliphatic hydroxyl groups excluding tert-OH is 4. The fourth-order valence-corrected chi connectivity index (χ4v) is 19.4. The number of benzene rings is 6. The zero-order valence-electron chi connectivity index (χ0n) is 64.4. The molecule has 6 aromatic carbocycles. The van der Waals surface area contributed by atoms with E-state index < -0.39 is 54.9 Å². The largest absolute Gasteiger partial charge is 0.496 e. The highest BCUT2D eigenvalue weighted by Crippen LogP contribution is 2.64. The van der Waals surface area contributed by atoms with Crippen LogP contribution in [0.4, 0.5) is 11.4 Å². The maximum atomic E-state index is 15.2. The average Bonchev–Trinajstić information content (AvgIpc) is 0.820. The quantitative estimate of drug-likeness (QED) is 0.0218. The molecule has 0 aromatic heterocycles. The van der Waals surface area contributed by atoms with Gasteiger partial charge in [0.2, 0.25) is 11.8 Å². The van der Waals surface area contributed by atoms with Crippen molar-refractivity contribution in [3.05, 3.63) is 167 Å². The summed E-state index contributed by atoms with van der Waals surface area (Å²) in [6, 6.07) is 40.7. The molecule has 6 aliphatic carbocycles. The maximum absolute atomic E-state index is 15.2. The molecule has 570 valence electrons. The number of methoxy groups -OCH3 is 2. The van der Waals surface area contributed by atoms with Crippen molar-refractivity contribution in [2.45, 2.75) is 181 Å². The number of hydrogen-bond acceptors (Lipinski definition) is 16. The molecule has 2 aliphatic heterocycles. The number of carbonyl (C=O) groups excluding carboxylic acids is 4. The van der Waals surface area contributed by atoms with Crippen LogP contribution in [0, 0.1) is 58.2 Å². The number of hydroxylamine groups is 4. The number of rotatable bonds is 29. The SMILES string of the molecule is CC[C@H](NC(=O)c1cc(-c2cccc(CN3O[C@@H](CO)[C@@H]([C@H](C)O)[C@H]3C(=O)N[C@H]3C[C@H]4C[C@@H]([C@@H]3C)C4(C)C)c2OC)cc(N(C)CCC2(C)[C@H]3C[C@H](NC(=O)[C@@H]4[C@H]([C@H](C)O)[C@H](CO)ON4Cc4cccc(-c5cc(C(=O)N[C@H](CC)c6ccccc6)cc(N(C)C)c5)c4OC)[C@@H](C)[C@@H]2C3)c1)c1ccccc1. The van der Waals surface area contributed by atoms with Gasteiger partial charge in [0, 0.05) is 96.4 Å². The van der Waals surface area contributed by atoms with E-state index in [4.69, 9.17) is 19.1 Å². The van der Waals surface area contributed by atoms with Gasteiger partial charge in [-0.25, -0.2) is 0 Å². The minimum absolute atomic E-state index is 0.0242. The van der Waals surface area contributed by atoms with Gasteiger partial charge in [0.1, 0.15) is 35.8 Å². The van der Waals surface area contributed by atoms with Crippen LogP contribution in [0.1, 0.15) is 162 Å². The number of nitrogens with one attached hydrogen (secondary N) is 4. The van der Waals surface area contributed by atoms with Crippen molar-refractivity contribution in [2.75, 3.05) is 64.9 Å². The average molecular weight is 1450 g/mol. The lowest BCUT2D eigenvalue weighted by Crippen LogP contribution is -2.63. The Hall–Kier alpha value is -7.92. The summed E-state index contributed by atoms with van der Waals surface area (Å²) in [7, 11) is 9.15. The van der Waals surface area contributed by atoms with E-state index in [9.17, 15) is 34.8 Å². The van der Waals surface area contributed by atoms with Gasteiger partial charge in [0.15, 0.2) is 0 Å². The Labute approximate surface area is 626 Å². The van der Waals surface area contributed by atoms with E-state index in [1.165, 1.54) is 0 Å². The summed E-state index contributed by atoms with van der Waals surface area (Å²) in [5.74, 6) is 0.550. The Bertz CT molecular complexity index is 4080. The van der Waals surface area contributed by atoms with E-state index in [0.717, 1.165) is 76.9 Å². The monoisotopic (exact) mass is 1450 g/mol. The van der Waals surface area contributed by atoms with E-state index in [1.807, 2.05) is 153 Å². The number of hydrogen-bond donors (Lipinski definition) is 8. The maximum Gasteiger partial charge on any atom is 0.251 e. The van der Waals surface area contributed by atoms with Crippen molar-refractivity contribution in [1.29, 1.82) is 0 Å². The Morgan fingerprint density at radius 2 is 1.01 bits per heavy atom. The van der Waals surface area contributed by atoms with Gasteiger partial charge < -0.3 is 61.0 Å². The molecule has 6 saturated carbocycles. The van der Waals surface area contributed by atoms with Crippen LogP contribution in [0.25, 0.3) is 22.3 Å². The Kier molecular flexibility index (Phi) is 23.8. The lowest BCUT2D eigenvalue weighted by molar-refractivity contribution is -0.183. The number of fused-ring (bicyclic) bond motifs is 4. The summed E-state index contributed by atoms with van der Waals surface area (Å²) >= 11 is 0. The van der Waals surface area contributed by atoms with Crippen molar-refractivity contribution < 1.29 is 58.8 Å². The molecular weight excluding hydrogens is 1340 g/mol. The highest BCUT2D eigenvalue weighted by molar-refractivity contribution is 5.98. The molecule has 8 fully saturated rings. The van der Waals surface area contributed by atoms with Crippen LogP contribution in [-0.4, -0.2) is 158 Å². The predicted octanol–water partition coefficient (Wildman–Crippen LogP) is 11.7. The summed E-state index contributed by atoms with van der Waals surface area (Å²) in [4.78, 5) is 76.1. The lowest BCUT2D eigenvalue weighted by atomic mass is 9.43. The van der Waals surface area contributed by atoms with Crippen LogP contribution in [0.2, 0.25) is 0 Å². The zero-order valence-corrected chi connectivity index (χ0v) is 64.4. The summed E-state index contributed by atoms with van der Waals surface area (Å²) in [6.07, 6.45) is 2.35. The first-order valence-electron chi connectivity index (χ1n) is 38.5. The highest BCUT2D eigenvalue weighted by atomic mass is 16.7.